The van der Waals surface area contributed by atoms with Crippen LogP contribution in [-0.2, 0) is 6.18 Å². The van der Waals surface area contributed by atoms with Crippen LogP contribution in [0.25, 0.3) is 11.3 Å². The van der Waals surface area contributed by atoms with Crippen molar-refractivity contribution < 1.29 is 13.2 Å². The van der Waals surface area contributed by atoms with Gasteiger partial charge in [-0.25, -0.2) is 0 Å². The van der Waals surface area contributed by atoms with E-state index in [4.69, 9.17) is 0 Å². The van der Waals surface area contributed by atoms with Crippen LogP contribution in [-0.4, -0.2) is 15.2 Å². The van der Waals surface area contributed by atoms with Gasteiger partial charge in [0.2, 0.25) is 0 Å². The number of nitrogens with zero attached hydrogens (tertiary/aromatic N) is 2. The average Bonchev–Trinajstić information content (AvgIpc) is 2.67. The summed E-state index contributed by atoms with van der Waals surface area (Å²) in [7, 11) is 0. The number of pyridine rings is 1. The smallest absolute Gasteiger partial charge is 0.273 e. The first-order chi connectivity index (χ1) is 7.07. The molecular formula is C9H6F3N3. The average molecular weight is 213 g/mol. The molecular weight excluding hydrogens is 207 g/mol. The van der Waals surface area contributed by atoms with E-state index in [1.807, 2.05) is 5.10 Å². The number of hydrogen-bond donors (Lipinski definition) is 1. The van der Waals surface area contributed by atoms with Gasteiger partial charge in [-0.15, -0.1) is 0 Å². The molecule has 2 rings (SSSR count). The fourth-order valence-corrected chi connectivity index (χ4v) is 1.13. The van der Waals surface area contributed by atoms with Crippen molar-refractivity contribution in [1.82, 2.24) is 15.2 Å². The molecule has 0 amide bonds. The Morgan fingerprint density at radius 1 is 1.27 bits per heavy atom. The van der Waals surface area contributed by atoms with Gasteiger partial charge in [0.25, 0.3) is 0 Å². The first-order valence-electron chi connectivity index (χ1n) is 4.10. The van der Waals surface area contributed by atoms with Crippen molar-refractivity contribution in [2.75, 3.05) is 0 Å². The van der Waals surface area contributed by atoms with E-state index in [0.717, 1.165) is 6.07 Å². The normalized spacial score (nSPS) is 11.7. The molecule has 0 fully saturated rings. The van der Waals surface area contributed by atoms with Crippen molar-refractivity contribution in [3.8, 4) is 11.3 Å². The van der Waals surface area contributed by atoms with Gasteiger partial charge in [-0.2, -0.15) is 18.3 Å². The van der Waals surface area contributed by atoms with E-state index in [2.05, 4.69) is 10.1 Å². The van der Waals surface area contributed by atoms with Crippen molar-refractivity contribution in [3.63, 3.8) is 0 Å². The number of alkyl halides is 3. The van der Waals surface area contributed by atoms with Crippen LogP contribution in [0.15, 0.2) is 30.6 Å². The highest BCUT2D eigenvalue weighted by Crippen LogP contribution is 2.29. The lowest BCUT2D eigenvalue weighted by atomic mass is 10.2. The summed E-state index contributed by atoms with van der Waals surface area (Å²) >= 11 is 0. The van der Waals surface area contributed by atoms with E-state index < -0.39 is 11.9 Å². The molecule has 0 atom stereocenters. The van der Waals surface area contributed by atoms with E-state index in [1.165, 1.54) is 6.20 Å². The van der Waals surface area contributed by atoms with Crippen LogP contribution < -0.4 is 0 Å². The summed E-state index contributed by atoms with van der Waals surface area (Å²) in [6.07, 6.45) is -1.40. The van der Waals surface area contributed by atoms with Gasteiger partial charge >= 0.3 is 6.18 Å². The molecule has 0 saturated carbocycles. The number of nitrogens with one attached hydrogen (secondary N) is 1. The minimum Gasteiger partial charge on any atom is -0.273 e. The second-order valence-electron chi connectivity index (χ2n) is 2.91. The highest BCUT2D eigenvalue weighted by Gasteiger charge is 2.33. The number of aromatic nitrogens is 3. The maximum Gasteiger partial charge on any atom is 0.432 e. The molecule has 6 heteroatoms. The topological polar surface area (TPSA) is 41.6 Å². The first kappa shape index (κ1) is 9.70. The third kappa shape index (κ3) is 1.98. The molecule has 0 aliphatic carbocycles. The molecule has 0 radical (unpaired) electrons. The molecule has 2 aromatic rings. The zero-order chi connectivity index (χ0) is 10.9. The zero-order valence-electron chi connectivity index (χ0n) is 7.42. The number of aromatic amines is 1. The van der Waals surface area contributed by atoms with Crippen molar-refractivity contribution >= 4 is 0 Å². The maximum atomic E-state index is 12.2. The summed E-state index contributed by atoms with van der Waals surface area (Å²) in [4.78, 5) is 3.80. The van der Waals surface area contributed by atoms with Gasteiger partial charge < -0.3 is 0 Å². The van der Waals surface area contributed by atoms with Crippen LogP contribution >= 0.6 is 0 Å². The fourth-order valence-electron chi connectivity index (χ4n) is 1.13. The summed E-state index contributed by atoms with van der Waals surface area (Å²) < 4.78 is 36.7. The van der Waals surface area contributed by atoms with Crippen LogP contribution in [0.5, 0.6) is 0 Å². The first-order valence-corrected chi connectivity index (χ1v) is 4.10. The molecule has 1 N–H and O–H groups in total. The number of halogens is 3. The Hall–Kier alpha value is -1.85. The highest BCUT2D eigenvalue weighted by atomic mass is 19.4. The number of hydrogen-bond acceptors (Lipinski definition) is 2. The molecule has 0 unspecified atom stereocenters. The molecule has 3 nitrogen and oxygen atoms in total. The van der Waals surface area contributed by atoms with E-state index >= 15 is 0 Å². The Balaban J connectivity index is 2.37. The lowest BCUT2D eigenvalue weighted by Gasteiger charge is -1.99. The largest absolute Gasteiger partial charge is 0.432 e. The van der Waals surface area contributed by atoms with Crippen LogP contribution in [0.4, 0.5) is 13.2 Å². The quantitative estimate of drug-likeness (QED) is 0.790. The predicted octanol–water partition coefficient (Wildman–Crippen LogP) is 2.49. The number of H-pyrrole nitrogens is 1. The number of rotatable bonds is 1. The SMILES string of the molecule is FC(F)(F)c1cc(-c2cccnc2)n[nH]1. The molecule has 2 heterocycles. The van der Waals surface area contributed by atoms with Gasteiger partial charge in [0, 0.05) is 18.0 Å². The molecule has 0 aliphatic rings. The highest BCUT2D eigenvalue weighted by molar-refractivity contribution is 5.57. The standard InChI is InChI=1S/C9H6F3N3/c10-9(11,12)8-4-7(14-15-8)6-2-1-3-13-5-6/h1-5H,(H,14,15). The molecule has 0 aliphatic heterocycles. The van der Waals surface area contributed by atoms with Gasteiger partial charge in [0.05, 0.1) is 5.69 Å². The second kappa shape index (κ2) is 3.38. The van der Waals surface area contributed by atoms with Gasteiger partial charge in [-0.05, 0) is 18.2 Å². The molecule has 2 aromatic heterocycles. The summed E-state index contributed by atoms with van der Waals surface area (Å²) in [6.45, 7) is 0. The summed E-state index contributed by atoms with van der Waals surface area (Å²) in [5, 5.41) is 5.51. The van der Waals surface area contributed by atoms with Crippen LogP contribution in [0.2, 0.25) is 0 Å². The lowest BCUT2D eigenvalue weighted by molar-refractivity contribution is -0.141. The van der Waals surface area contributed by atoms with Crippen molar-refractivity contribution in [2.24, 2.45) is 0 Å². The van der Waals surface area contributed by atoms with Crippen molar-refractivity contribution in [1.29, 1.82) is 0 Å². The Kier molecular flexibility index (Phi) is 2.18. The van der Waals surface area contributed by atoms with E-state index in [0.29, 0.717) is 5.56 Å². The molecule has 0 saturated heterocycles. The Morgan fingerprint density at radius 2 is 2.07 bits per heavy atom. The molecule has 0 aromatic carbocycles. The van der Waals surface area contributed by atoms with Gasteiger partial charge in [0.1, 0.15) is 5.69 Å². The Morgan fingerprint density at radius 3 is 2.60 bits per heavy atom. The van der Waals surface area contributed by atoms with Gasteiger partial charge in [-0.1, -0.05) is 0 Å². The van der Waals surface area contributed by atoms with Crippen LogP contribution in [0.3, 0.4) is 0 Å². The predicted molar refractivity (Wildman–Crippen MR) is 46.8 cm³/mol. The fraction of sp³-hybridized carbons (Fsp3) is 0.111. The zero-order valence-corrected chi connectivity index (χ0v) is 7.42. The lowest BCUT2D eigenvalue weighted by Crippen LogP contribution is -2.04. The van der Waals surface area contributed by atoms with Crippen LogP contribution in [0.1, 0.15) is 5.69 Å². The molecule has 0 bridgehead atoms. The second-order valence-corrected chi connectivity index (χ2v) is 2.91. The molecule has 15 heavy (non-hydrogen) atoms. The van der Waals surface area contributed by atoms with Crippen molar-refractivity contribution in [2.45, 2.75) is 6.18 Å². The Labute approximate surface area is 83.0 Å². The van der Waals surface area contributed by atoms with Gasteiger partial charge in [0.15, 0.2) is 0 Å². The maximum absolute atomic E-state index is 12.2. The van der Waals surface area contributed by atoms with Crippen LogP contribution in [0, 0.1) is 0 Å². The molecule has 78 valence electrons. The minimum atomic E-state index is -4.40. The van der Waals surface area contributed by atoms with Crippen molar-refractivity contribution in [3.05, 3.63) is 36.3 Å². The molecule has 0 spiro atoms. The van der Waals surface area contributed by atoms with E-state index in [-0.39, 0.29) is 5.69 Å². The van der Waals surface area contributed by atoms with Gasteiger partial charge in [-0.3, -0.25) is 10.1 Å². The minimum absolute atomic E-state index is 0.232. The summed E-state index contributed by atoms with van der Waals surface area (Å²) in [5.41, 5.74) is -0.0824. The summed E-state index contributed by atoms with van der Waals surface area (Å²) in [6, 6.07) is 4.23. The van der Waals surface area contributed by atoms with E-state index in [1.54, 1.807) is 18.3 Å². The monoisotopic (exact) mass is 213 g/mol. The third-order valence-corrected chi connectivity index (χ3v) is 1.84. The Bertz CT molecular complexity index is 447. The van der Waals surface area contributed by atoms with E-state index in [9.17, 15) is 13.2 Å². The third-order valence-electron chi connectivity index (χ3n) is 1.84. The summed E-state index contributed by atoms with van der Waals surface area (Å²) in [5.74, 6) is 0.